The second-order valence-corrected chi connectivity index (χ2v) is 10.8. The molecular weight excluding hydrogens is 515 g/mol. The molecule has 0 saturated carbocycles. The highest BCUT2D eigenvalue weighted by atomic mass is 19.1. The van der Waals surface area contributed by atoms with Gasteiger partial charge in [-0.2, -0.15) is 5.10 Å². The number of rotatable bonds is 6. The molecule has 0 spiro atoms. The molecule has 2 fully saturated rings. The smallest absolute Gasteiger partial charge is 0.329 e. The number of hydrogen-bond donors (Lipinski definition) is 2. The number of carbonyl (C=O) groups is 2. The normalized spacial score (nSPS) is 18.8. The van der Waals surface area contributed by atoms with Crippen molar-refractivity contribution >= 4 is 45.1 Å². The van der Waals surface area contributed by atoms with Crippen LogP contribution in [0.1, 0.15) is 31.7 Å². The lowest BCUT2D eigenvalue weighted by atomic mass is 10.0. The zero-order valence-electron chi connectivity index (χ0n) is 22.6. The Balaban J connectivity index is 1.14. The molecule has 40 heavy (non-hydrogen) atoms. The van der Waals surface area contributed by atoms with Crippen molar-refractivity contribution in [3.63, 3.8) is 0 Å². The van der Waals surface area contributed by atoms with E-state index in [2.05, 4.69) is 27.3 Å². The van der Waals surface area contributed by atoms with Crippen LogP contribution in [0.3, 0.4) is 0 Å². The maximum atomic E-state index is 13.8. The molecule has 0 aliphatic carbocycles. The van der Waals surface area contributed by atoms with E-state index in [4.69, 9.17) is 5.73 Å². The summed E-state index contributed by atoms with van der Waals surface area (Å²) in [6.07, 6.45) is 4.33. The van der Waals surface area contributed by atoms with Crippen molar-refractivity contribution in [1.82, 2.24) is 29.1 Å². The van der Waals surface area contributed by atoms with Crippen molar-refractivity contribution in [3.05, 3.63) is 52.8 Å². The number of aryl methyl sites for hydroxylation is 1. The van der Waals surface area contributed by atoms with Crippen LogP contribution in [0.2, 0.25) is 0 Å². The summed E-state index contributed by atoms with van der Waals surface area (Å²) in [6.45, 7) is 3.14. The minimum absolute atomic E-state index is 0.124. The van der Waals surface area contributed by atoms with Gasteiger partial charge in [-0.15, -0.1) is 0 Å². The van der Waals surface area contributed by atoms with Crippen molar-refractivity contribution < 1.29 is 14.0 Å². The van der Waals surface area contributed by atoms with Crippen LogP contribution in [0.5, 0.6) is 0 Å². The standard InChI is InChI=1S/C28H33FN8O3/c1-33(12-13-36-16-17-14-20(30)19(29)15-21(17)32-36)18-8-10-35(11-9-18)22-4-3-5-23-26(22)34(2)28(40)37(23)24-6-7-25(38)31-27(24)39/h3-5,14-16,18,24H,6-13,30H2,1-2H3,(H,31,38,39). The number of nitrogens with two attached hydrogens (primary N) is 1. The lowest BCUT2D eigenvalue weighted by molar-refractivity contribution is -0.135. The molecule has 2 saturated heterocycles. The van der Waals surface area contributed by atoms with E-state index in [0.717, 1.165) is 49.1 Å². The first-order chi connectivity index (χ1) is 19.2. The van der Waals surface area contributed by atoms with Gasteiger partial charge in [0.15, 0.2) is 0 Å². The second-order valence-electron chi connectivity index (χ2n) is 10.8. The maximum absolute atomic E-state index is 13.8. The molecule has 2 aromatic carbocycles. The summed E-state index contributed by atoms with van der Waals surface area (Å²) in [5.74, 6) is -1.19. The van der Waals surface area contributed by atoms with E-state index in [1.807, 2.05) is 29.1 Å². The third-order valence-corrected chi connectivity index (χ3v) is 8.38. The Morgan fingerprint density at radius 2 is 1.93 bits per heavy atom. The van der Waals surface area contributed by atoms with Gasteiger partial charge in [0, 0.05) is 56.8 Å². The molecule has 1 unspecified atom stereocenters. The number of carbonyl (C=O) groups excluding carboxylic acids is 2. The molecule has 3 N–H and O–H groups in total. The van der Waals surface area contributed by atoms with Crippen LogP contribution in [-0.2, 0) is 23.2 Å². The van der Waals surface area contributed by atoms with Gasteiger partial charge in [-0.05, 0) is 44.5 Å². The molecule has 6 rings (SSSR count). The number of hydrogen-bond acceptors (Lipinski definition) is 7. The number of nitrogen functional groups attached to an aromatic ring is 1. The lowest BCUT2D eigenvalue weighted by Crippen LogP contribution is -2.44. The molecule has 12 heteroatoms. The van der Waals surface area contributed by atoms with Gasteiger partial charge in [0.05, 0.1) is 34.5 Å². The quantitative estimate of drug-likeness (QED) is 0.279. The van der Waals surface area contributed by atoms with Crippen LogP contribution in [0.4, 0.5) is 15.8 Å². The van der Waals surface area contributed by atoms with Gasteiger partial charge in [0.1, 0.15) is 11.9 Å². The summed E-state index contributed by atoms with van der Waals surface area (Å²) in [5, 5.41) is 7.68. The number of nitrogens with zero attached hydrogens (tertiary/aromatic N) is 6. The van der Waals surface area contributed by atoms with Gasteiger partial charge in [0.2, 0.25) is 11.8 Å². The molecule has 11 nitrogen and oxygen atoms in total. The van der Waals surface area contributed by atoms with Crippen LogP contribution in [0.25, 0.3) is 21.9 Å². The molecule has 2 aromatic heterocycles. The van der Waals surface area contributed by atoms with E-state index in [9.17, 15) is 18.8 Å². The summed E-state index contributed by atoms with van der Waals surface area (Å²) in [5.41, 5.74) is 8.62. The molecule has 210 valence electrons. The summed E-state index contributed by atoms with van der Waals surface area (Å²) in [4.78, 5) is 42.1. The van der Waals surface area contributed by atoms with Crippen molar-refractivity contribution in [1.29, 1.82) is 0 Å². The number of piperidine rings is 2. The zero-order valence-corrected chi connectivity index (χ0v) is 22.6. The number of para-hydroxylation sites is 1. The highest BCUT2D eigenvalue weighted by molar-refractivity contribution is 6.00. The molecule has 2 aliphatic heterocycles. The molecule has 0 bridgehead atoms. The molecule has 2 aliphatic rings. The number of imide groups is 1. The molecule has 1 atom stereocenters. The van der Waals surface area contributed by atoms with Crippen LogP contribution in [0.15, 0.2) is 41.3 Å². The predicted molar refractivity (Wildman–Crippen MR) is 151 cm³/mol. The van der Waals surface area contributed by atoms with Gasteiger partial charge in [-0.1, -0.05) is 6.07 Å². The Hall–Kier alpha value is -4.19. The predicted octanol–water partition coefficient (Wildman–Crippen LogP) is 1.99. The Labute approximate surface area is 229 Å². The highest BCUT2D eigenvalue weighted by Crippen LogP contribution is 2.31. The van der Waals surface area contributed by atoms with Gasteiger partial charge in [0.25, 0.3) is 0 Å². The fraction of sp³-hybridized carbons (Fsp3) is 0.429. The third kappa shape index (κ3) is 4.51. The number of amides is 2. The summed E-state index contributed by atoms with van der Waals surface area (Å²) < 4.78 is 18.8. The highest BCUT2D eigenvalue weighted by Gasteiger charge is 2.32. The average molecular weight is 549 g/mol. The minimum atomic E-state index is -0.702. The summed E-state index contributed by atoms with van der Waals surface area (Å²) in [6, 6.07) is 8.49. The SMILES string of the molecule is CN(CCn1cc2cc(N)c(F)cc2n1)C1CCN(c2cccc3c2n(C)c(=O)n3C2CCC(=O)NC2=O)CC1. The van der Waals surface area contributed by atoms with E-state index in [-0.39, 0.29) is 23.7 Å². The van der Waals surface area contributed by atoms with Crippen molar-refractivity contribution in [2.45, 2.75) is 44.3 Å². The number of halogens is 1. The number of anilines is 2. The number of imidazole rings is 1. The minimum Gasteiger partial charge on any atom is -0.396 e. The first-order valence-electron chi connectivity index (χ1n) is 13.6. The first-order valence-corrected chi connectivity index (χ1v) is 13.6. The van der Waals surface area contributed by atoms with E-state index in [1.165, 1.54) is 10.6 Å². The van der Waals surface area contributed by atoms with Gasteiger partial charge in [-0.3, -0.25) is 28.7 Å². The Kier molecular flexibility index (Phi) is 6.57. The Bertz CT molecular complexity index is 1640. The fourth-order valence-electron chi connectivity index (χ4n) is 6.12. The van der Waals surface area contributed by atoms with Crippen LogP contribution >= 0.6 is 0 Å². The monoisotopic (exact) mass is 548 g/mol. The molecular formula is C28H33FN8O3. The van der Waals surface area contributed by atoms with Crippen molar-refractivity contribution in [2.24, 2.45) is 7.05 Å². The Morgan fingerprint density at radius 3 is 2.67 bits per heavy atom. The number of benzene rings is 2. The number of aromatic nitrogens is 4. The lowest BCUT2D eigenvalue weighted by Gasteiger charge is -2.38. The first kappa shape index (κ1) is 26.1. The van der Waals surface area contributed by atoms with Crippen LogP contribution in [0, 0.1) is 5.82 Å². The average Bonchev–Trinajstić information content (AvgIpc) is 3.45. The van der Waals surface area contributed by atoms with Crippen LogP contribution in [-0.4, -0.2) is 68.4 Å². The van der Waals surface area contributed by atoms with Gasteiger partial charge >= 0.3 is 5.69 Å². The Morgan fingerprint density at radius 1 is 1.15 bits per heavy atom. The molecule has 4 aromatic rings. The fourth-order valence-corrected chi connectivity index (χ4v) is 6.12. The van der Waals surface area contributed by atoms with E-state index >= 15 is 0 Å². The molecule has 2 amide bonds. The second kappa shape index (κ2) is 10.1. The van der Waals surface area contributed by atoms with Gasteiger partial charge < -0.3 is 15.5 Å². The zero-order chi connectivity index (χ0) is 28.1. The van der Waals surface area contributed by atoms with E-state index < -0.39 is 17.8 Å². The van der Waals surface area contributed by atoms with Crippen molar-refractivity contribution in [2.75, 3.05) is 37.3 Å². The topological polar surface area (TPSA) is 123 Å². The third-order valence-electron chi connectivity index (χ3n) is 8.38. The summed E-state index contributed by atoms with van der Waals surface area (Å²) in [7, 11) is 3.85. The van der Waals surface area contributed by atoms with Crippen LogP contribution < -0.4 is 21.6 Å². The molecule has 4 heterocycles. The maximum Gasteiger partial charge on any atom is 0.329 e. The van der Waals surface area contributed by atoms with E-state index in [1.54, 1.807) is 17.7 Å². The van der Waals surface area contributed by atoms with Crippen molar-refractivity contribution in [3.8, 4) is 0 Å². The molecule has 0 radical (unpaired) electrons. The number of likely N-dealkylation sites (N-methyl/N-ethyl adjacent to an activating group) is 1. The van der Waals surface area contributed by atoms with E-state index in [0.29, 0.717) is 30.0 Å². The van der Waals surface area contributed by atoms with Gasteiger partial charge in [-0.25, -0.2) is 9.18 Å². The largest absolute Gasteiger partial charge is 0.396 e. The number of fused-ring (bicyclic) bond motifs is 2. The summed E-state index contributed by atoms with van der Waals surface area (Å²) >= 11 is 0. The number of nitrogens with one attached hydrogen (secondary N) is 1.